The number of quaternary nitrogens is 1. The number of hydrazine groups is 1. The van der Waals surface area contributed by atoms with Gasteiger partial charge in [-0.2, -0.15) is 5.17 Å². The maximum absolute atomic E-state index is 13.4. The lowest BCUT2D eigenvalue weighted by Gasteiger charge is -2.51. The molecule has 2 aromatic heterocycles. The number of rotatable bonds is 7. The van der Waals surface area contributed by atoms with Crippen molar-refractivity contribution in [1.82, 2.24) is 10.6 Å². The van der Waals surface area contributed by atoms with E-state index in [0.717, 1.165) is 25.9 Å². The number of piperidine rings is 3. The number of aliphatic hydroxyl groups is 1. The second-order valence-electron chi connectivity index (χ2n) is 8.62. The summed E-state index contributed by atoms with van der Waals surface area (Å²) in [6.07, 6.45) is 4.95. The SMILES string of the molecule is O=C(C[N+]12CCC(CC1)[C@@H](OC(=O)C(O)(c1cccs1)c1cccs1)C2)NN1C=CCO1. The first-order valence-electron chi connectivity index (χ1n) is 10.7. The number of hydrogen-bond donors (Lipinski definition) is 2. The monoisotopic (exact) mass is 476 g/mol. The molecule has 0 aliphatic carbocycles. The molecule has 6 heterocycles. The standard InChI is InChI=1S/C22H25N3O5S2/c26-20(23-24-8-3-11-29-24)15-25-9-6-16(7-10-25)17(14-25)30-21(27)22(28,18-4-1-12-31-18)19-5-2-13-32-19/h1-5,8,12-13,16-17,28H,6-7,9-11,14-15H2/p+1/t16?,17-,25?/m0/s1. The molecule has 2 bridgehead atoms. The molecule has 4 aliphatic rings. The van der Waals surface area contributed by atoms with Crippen LogP contribution < -0.4 is 5.43 Å². The second kappa shape index (κ2) is 8.60. The summed E-state index contributed by atoms with van der Waals surface area (Å²) in [6, 6.07) is 7.15. The van der Waals surface area contributed by atoms with Crippen molar-refractivity contribution in [3.8, 4) is 0 Å². The molecule has 4 aliphatic heterocycles. The molecule has 0 aromatic carbocycles. The van der Waals surface area contributed by atoms with Gasteiger partial charge in [-0.3, -0.25) is 4.79 Å². The summed E-state index contributed by atoms with van der Waals surface area (Å²) in [7, 11) is 0. The third kappa shape index (κ3) is 3.97. The van der Waals surface area contributed by atoms with Gasteiger partial charge in [0.1, 0.15) is 6.54 Å². The van der Waals surface area contributed by atoms with E-state index in [9.17, 15) is 14.7 Å². The largest absolute Gasteiger partial charge is 0.453 e. The zero-order valence-corrected chi connectivity index (χ0v) is 19.1. The first-order valence-corrected chi connectivity index (χ1v) is 12.5. The number of thiophene rings is 2. The molecular weight excluding hydrogens is 450 g/mol. The van der Waals surface area contributed by atoms with E-state index < -0.39 is 11.6 Å². The van der Waals surface area contributed by atoms with Gasteiger partial charge in [0.2, 0.25) is 5.60 Å². The molecule has 0 spiro atoms. The van der Waals surface area contributed by atoms with Crippen LogP contribution in [0.15, 0.2) is 47.3 Å². The van der Waals surface area contributed by atoms with Gasteiger partial charge in [-0.1, -0.05) is 12.1 Å². The van der Waals surface area contributed by atoms with Crippen LogP contribution in [0, 0.1) is 5.92 Å². The highest BCUT2D eigenvalue weighted by Gasteiger charge is 2.51. The van der Waals surface area contributed by atoms with Crippen molar-refractivity contribution < 1.29 is 28.8 Å². The molecule has 0 saturated carbocycles. The van der Waals surface area contributed by atoms with Crippen LogP contribution in [-0.4, -0.2) is 65.5 Å². The molecule has 1 atom stereocenters. The van der Waals surface area contributed by atoms with Crippen molar-refractivity contribution in [3.05, 3.63) is 57.1 Å². The molecule has 170 valence electrons. The molecule has 10 heteroatoms. The molecule has 1 amide bonds. The molecule has 3 saturated heterocycles. The number of nitrogens with zero attached hydrogens (tertiary/aromatic N) is 2. The fraction of sp³-hybridized carbons (Fsp3) is 0.455. The molecule has 6 rings (SSSR count). The van der Waals surface area contributed by atoms with Crippen LogP contribution in [0.5, 0.6) is 0 Å². The van der Waals surface area contributed by atoms with E-state index in [-0.39, 0.29) is 17.9 Å². The van der Waals surface area contributed by atoms with E-state index in [1.54, 1.807) is 18.3 Å². The average molecular weight is 477 g/mol. The van der Waals surface area contributed by atoms with Crippen LogP contribution in [-0.2, 0) is 24.8 Å². The van der Waals surface area contributed by atoms with E-state index in [1.165, 1.54) is 27.8 Å². The molecule has 0 radical (unpaired) electrons. The normalized spacial score (nSPS) is 27.0. The number of carbonyl (C=O) groups excluding carboxylic acids is 2. The zero-order chi connectivity index (χ0) is 22.2. The van der Waals surface area contributed by atoms with Crippen LogP contribution in [0.4, 0.5) is 0 Å². The maximum atomic E-state index is 13.4. The maximum Gasteiger partial charge on any atom is 0.349 e. The predicted octanol–water partition coefficient (Wildman–Crippen LogP) is 1.99. The lowest BCUT2D eigenvalue weighted by molar-refractivity contribution is -0.939. The summed E-state index contributed by atoms with van der Waals surface area (Å²) >= 11 is 2.67. The minimum atomic E-state index is -1.81. The highest BCUT2D eigenvalue weighted by atomic mass is 32.1. The summed E-state index contributed by atoms with van der Waals surface area (Å²) in [5.74, 6) is -0.516. The van der Waals surface area contributed by atoms with Crippen LogP contribution in [0.25, 0.3) is 0 Å². The Hall–Kier alpha value is -2.24. The summed E-state index contributed by atoms with van der Waals surface area (Å²) in [6.45, 7) is 3.07. The van der Waals surface area contributed by atoms with E-state index >= 15 is 0 Å². The summed E-state index contributed by atoms with van der Waals surface area (Å²) in [5.41, 5.74) is 0.935. The Balaban J connectivity index is 1.30. The Labute approximate surface area is 194 Å². The molecule has 3 fully saturated rings. The Bertz CT molecular complexity index is 949. The lowest BCUT2D eigenvalue weighted by atomic mass is 9.83. The fourth-order valence-corrected chi connectivity index (χ4v) is 6.64. The van der Waals surface area contributed by atoms with Crippen LogP contribution >= 0.6 is 22.7 Å². The van der Waals surface area contributed by atoms with Crippen LogP contribution in [0.1, 0.15) is 22.6 Å². The van der Waals surface area contributed by atoms with Crippen molar-refractivity contribution >= 4 is 34.6 Å². The minimum Gasteiger partial charge on any atom is -0.453 e. The first-order chi connectivity index (χ1) is 15.5. The van der Waals surface area contributed by atoms with Crippen molar-refractivity contribution in [3.63, 3.8) is 0 Å². The number of esters is 1. The smallest absolute Gasteiger partial charge is 0.349 e. The van der Waals surface area contributed by atoms with Gasteiger partial charge in [-0.05, 0) is 29.0 Å². The van der Waals surface area contributed by atoms with Crippen LogP contribution in [0.3, 0.4) is 0 Å². The highest BCUT2D eigenvalue weighted by Crippen LogP contribution is 2.40. The van der Waals surface area contributed by atoms with E-state index in [2.05, 4.69) is 5.43 Å². The van der Waals surface area contributed by atoms with Gasteiger partial charge in [0, 0.05) is 18.8 Å². The summed E-state index contributed by atoms with van der Waals surface area (Å²) < 4.78 is 6.59. The number of fused-ring (bicyclic) bond motifs is 3. The zero-order valence-electron chi connectivity index (χ0n) is 17.5. The third-order valence-electron chi connectivity index (χ3n) is 6.62. The third-order valence-corrected chi connectivity index (χ3v) is 8.57. The van der Waals surface area contributed by atoms with Crippen molar-refractivity contribution in [2.24, 2.45) is 5.92 Å². The van der Waals surface area contributed by atoms with E-state index in [0.29, 0.717) is 33.9 Å². The van der Waals surface area contributed by atoms with E-state index in [4.69, 9.17) is 9.57 Å². The Morgan fingerprint density at radius 3 is 2.47 bits per heavy atom. The first kappa shape index (κ1) is 21.6. The number of carbonyl (C=O) groups is 2. The summed E-state index contributed by atoms with van der Waals surface area (Å²) in [4.78, 5) is 32.4. The number of amides is 1. The summed E-state index contributed by atoms with van der Waals surface area (Å²) in [5, 5.41) is 16.5. The Morgan fingerprint density at radius 1 is 1.22 bits per heavy atom. The number of hydroxylamine groups is 1. The highest BCUT2D eigenvalue weighted by molar-refractivity contribution is 7.12. The fourth-order valence-electron chi connectivity index (χ4n) is 4.93. The van der Waals surface area contributed by atoms with Gasteiger partial charge in [0.15, 0.2) is 12.6 Å². The quantitative estimate of drug-likeness (QED) is 0.470. The van der Waals surface area contributed by atoms with Crippen LogP contribution in [0.2, 0.25) is 0 Å². The average Bonchev–Trinajstić information content (AvgIpc) is 3.57. The molecule has 32 heavy (non-hydrogen) atoms. The van der Waals surface area contributed by atoms with Gasteiger partial charge in [-0.25, -0.2) is 15.1 Å². The molecule has 0 unspecified atom stereocenters. The van der Waals surface area contributed by atoms with Crippen molar-refractivity contribution in [1.29, 1.82) is 0 Å². The molecule has 2 N–H and O–H groups in total. The Morgan fingerprint density at radius 2 is 1.91 bits per heavy atom. The Kier molecular flexibility index (Phi) is 5.81. The van der Waals surface area contributed by atoms with Gasteiger partial charge < -0.3 is 14.3 Å². The van der Waals surface area contributed by atoms with Gasteiger partial charge in [-0.15, -0.1) is 22.7 Å². The lowest BCUT2D eigenvalue weighted by Crippen LogP contribution is -2.67. The number of nitrogens with one attached hydrogen (secondary N) is 1. The molecule has 8 nitrogen and oxygen atoms in total. The van der Waals surface area contributed by atoms with Gasteiger partial charge in [0.25, 0.3) is 5.91 Å². The second-order valence-corrected chi connectivity index (χ2v) is 10.5. The molecular formula is C22H26N3O5S2+. The van der Waals surface area contributed by atoms with Gasteiger partial charge in [0.05, 0.1) is 35.7 Å². The predicted molar refractivity (Wildman–Crippen MR) is 119 cm³/mol. The van der Waals surface area contributed by atoms with Gasteiger partial charge >= 0.3 is 5.97 Å². The van der Waals surface area contributed by atoms with E-state index in [1.807, 2.05) is 29.0 Å². The minimum absolute atomic E-state index is 0.129. The topological polar surface area (TPSA) is 88.1 Å². The van der Waals surface area contributed by atoms with Crippen molar-refractivity contribution in [2.45, 2.75) is 24.5 Å². The number of hydrogen-bond acceptors (Lipinski definition) is 8. The number of ether oxygens (including phenoxy) is 1. The molecule has 2 aromatic rings. The van der Waals surface area contributed by atoms with Crippen molar-refractivity contribution in [2.75, 3.05) is 32.8 Å².